The summed E-state index contributed by atoms with van der Waals surface area (Å²) < 4.78 is 34.2. The predicted octanol–water partition coefficient (Wildman–Crippen LogP) is 5.22. The lowest BCUT2D eigenvalue weighted by atomic mass is 9.74. The summed E-state index contributed by atoms with van der Waals surface area (Å²) in [7, 11) is -2.99. The zero-order valence-corrected chi connectivity index (χ0v) is 22.6. The molecule has 1 aromatic carbocycles. The number of hydrogen-bond acceptors (Lipinski definition) is 6. The van der Waals surface area contributed by atoms with E-state index in [0.29, 0.717) is 44.0 Å². The number of aliphatic carboxylic acids is 1. The van der Waals surface area contributed by atoms with Crippen LogP contribution in [-0.4, -0.2) is 49.7 Å². The Balaban J connectivity index is 1.54. The topological polar surface area (TPSA) is 103 Å². The van der Waals surface area contributed by atoms with Gasteiger partial charge in [0.15, 0.2) is 0 Å². The number of nitrogens with zero attached hydrogens (tertiary/aromatic N) is 1. The summed E-state index contributed by atoms with van der Waals surface area (Å²) in [6.45, 7) is 7.79. The van der Waals surface area contributed by atoms with Crippen LogP contribution in [0, 0.1) is 31.6 Å². The Kier molecular flexibility index (Phi) is 9.91. The molecule has 0 aliphatic heterocycles. The maximum atomic E-state index is 11.3. The monoisotopic (exact) mass is 517 g/mol. The van der Waals surface area contributed by atoms with E-state index >= 15 is 0 Å². The zero-order valence-electron chi connectivity index (χ0n) is 21.8. The molecule has 0 saturated heterocycles. The van der Waals surface area contributed by atoms with E-state index in [0.717, 1.165) is 53.5 Å². The number of hydrogen-bond donors (Lipinski definition) is 1. The smallest absolute Gasteiger partial charge is 0.306 e. The molecule has 7 nitrogen and oxygen atoms in total. The highest BCUT2D eigenvalue weighted by atomic mass is 32.2. The first-order chi connectivity index (χ1) is 17.0. The van der Waals surface area contributed by atoms with E-state index in [4.69, 9.17) is 9.47 Å². The van der Waals surface area contributed by atoms with Crippen molar-refractivity contribution in [3.8, 4) is 17.0 Å². The fourth-order valence-electron chi connectivity index (χ4n) is 5.05. The number of pyridine rings is 1. The number of benzene rings is 1. The van der Waals surface area contributed by atoms with Crippen LogP contribution in [0.15, 0.2) is 30.5 Å². The second kappa shape index (κ2) is 12.7. The molecule has 1 N–H and O–H groups in total. The van der Waals surface area contributed by atoms with Gasteiger partial charge in [0.25, 0.3) is 0 Å². The summed E-state index contributed by atoms with van der Waals surface area (Å²) in [5.41, 5.74) is 5.46. The van der Waals surface area contributed by atoms with Gasteiger partial charge in [-0.25, -0.2) is 13.4 Å². The Morgan fingerprint density at radius 1 is 1.17 bits per heavy atom. The molecule has 0 radical (unpaired) electrons. The molecule has 0 amide bonds. The largest absolute Gasteiger partial charge is 0.481 e. The van der Waals surface area contributed by atoms with Gasteiger partial charge in [0.05, 0.1) is 24.9 Å². The molecule has 1 fully saturated rings. The van der Waals surface area contributed by atoms with E-state index in [1.807, 2.05) is 25.3 Å². The van der Waals surface area contributed by atoms with Gasteiger partial charge in [0.1, 0.15) is 9.84 Å². The lowest BCUT2D eigenvalue weighted by Gasteiger charge is -2.32. The Morgan fingerprint density at radius 2 is 1.94 bits per heavy atom. The lowest BCUT2D eigenvalue weighted by molar-refractivity contribution is -0.143. The first-order valence-corrected chi connectivity index (χ1v) is 14.8. The summed E-state index contributed by atoms with van der Waals surface area (Å²) in [4.78, 5) is 15.7. The van der Waals surface area contributed by atoms with Crippen LogP contribution >= 0.6 is 0 Å². The molecular weight excluding hydrogens is 478 g/mol. The first kappa shape index (κ1) is 28.1. The fourth-order valence-corrected chi connectivity index (χ4v) is 5.69. The normalized spacial score (nSPS) is 20.3. The molecular formula is C28H39NO6S. The van der Waals surface area contributed by atoms with Gasteiger partial charge in [-0.05, 0) is 80.0 Å². The summed E-state index contributed by atoms with van der Waals surface area (Å²) in [5, 5.41) is 9.26. The van der Waals surface area contributed by atoms with Gasteiger partial charge < -0.3 is 14.6 Å². The minimum atomic E-state index is -2.99. The van der Waals surface area contributed by atoms with Crippen molar-refractivity contribution in [2.75, 3.05) is 25.2 Å². The molecule has 8 heteroatoms. The highest BCUT2D eigenvalue weighted by Crippen LogP contribution is 2.36. The van der Waals surface area contributed by atoms with Crippen molar-refractivity contribution in [3.05, 3.63) is 47.2 Å². The minimum absolute atomic E-state index is 0.100. The number of aromatic nitrogens is 1. The highest BCUT2D eigenvalue weighted by Gasteiger charge is 2.30. The molecule has 0 unspecified atom stereocenters. The molecule has 0 bridgehead atoms. The third-order valence-electron chi connectivity index (χ3n) is 7.32. The zero-order chi connectivity index (χ0) is 26.3. The Hall–Kier alpha value is -2.45. The summed E-state index contributed by atoms with van der Waals surface area (Å²) in [6.07, 6.45) is 6.91. The van der Waals surface area contributed by atoms with Crippen LogP contribution in [0.3, 0.4) is 0 Å². The summed E-state index contributed by atoms with van der Waals surface area (Å²) in [6, 6.07) is 8.09. The quantitative estimate of drug-likeness (QED) is 0.385. The number of sulfone groups is 1. The van der Waals surface area contributed by atoms with Crippen molar-refractivity contribution in [3.63, 3.8) is 0 Å². The number of carboxylic acids is 1. The van der Waals surface area contributed by atoms with E-state index in [1.54, 1.807) is 0 Å². The van der Waals surface area contributed by atoms with Crippen molar-refractivity contribution >= 4 is 15.8 Å². The first-order valence-electron chi connectivity index (χ1n) is 12.7. The number of ether oxygens (including phenoxy) is 2. The van der Waals surface area contributed by atoms with Gasteiger partial charge in [0, 0.05) is 30.7 Å². The fraction of sp³-hybridized carbons (Fsp3) is 0.571. The van der Waals surface area contributed by atoms with E-state index < -0.39 is 15.8 Å². The molecule has 1 heterocycles. The van der Waals surface area contributed by atoms with Crippen molar-refractivity contribution in [1.82, 2.24) is 4.98 Å². The van der Waals surface area contributed by atoms with Crippen LogP contribution in [-0.2, 0) is 26.0 Å². The molecule has 3 rings (SSSR count). The van der Waals surface area contributed by atoms with Crippen molar-refractivity contribution in [2.45, 2.75) is 59.5 Å². The number of aryl methyl sites for hydroxylation is 1. The number of rotatable bonds is 12. The predicted molar refractivity (Wildman–Crippen MR) is 141 cm³/mol. The van der Waals surface area contributed by atoms with Crippen molar-refractivity contribution in [1.29, 1.82) is 0 Å². The third kappa shape index (κ3) is 8.03. The van der Waals surface area contributed by atoms with Crippen LogP contribution in [0.5, 0.6) is 5.88 Å². The Bertz CT molecular complexity index is 1150. The second-order valence-corrected chi connectivity index (χ2v) is 12.4. The van der Waals surface area contributed by atoms with Crippen LogP contribution in [0.4, 0.5) is 0 Å². The molecule has 1 aliphatic carbocycles. The standard InChI is InChI=1S/C28H39NO6S/c1-19-15-23(28(30)31)10-9-22(19)11-13-34-18-24-7-5-8-25(21(24)3)26-17-29-27(16-20(26)2)35-12-6-14-36(4,32)33/h5,7-8,16-17,19,22-23H,6,9-15,18H2,1-4H3,(H,30,31)/t19-,22-,23-/m0/s1. The molecule has 36 heavy (non-hydrogen) atoms. The van der Waals surface area contributed by atoms with Gasteiger partial charge in [-0.15, -0.1) is 0 Å². The van der Waals surface area contributed by atoms with Crippen LogP contribution in [0.2, 0.25) is 0 Å². The minimum Gasteiger partial charge on any atom is -0.481 e. The summed E-state index contributed by atoms with van der Waals surface area (Å²) in [5.74, 6) is 0.673. The molecule has 1 aliphatic rings. The van der Waals surface area contributed by atoms with E-state index in [-0.39, 0.29) is 11.7 Å². The SMILES string of the molecule is Cc1cc(OCCCS(C)(=O)=O)ncc1-c1cccc(COCC[C@@H]2CC[C@H](C(=O)O)C[C@@H]2C)c1C. The van der Waals surface area contributed by atoms with Gasteiger partial charge in [-0.1, -0.05) is 25.1 Å². The van der Waals surface area contributed by atoms with Gasteiger partial charge >= 0.3 is 5.97 Å². The third-order valence-corrected chi connectivity index (χ3v) is 8.35. The Morgan fingerprint density at radius 3 is 2.61 bits per heavy atom. The van der Waals surface area contributed by atoms with Gasteiger partial charge in [-0.3, -0.25) is 4.79 Å². The molecule has 2 aromatic rings. The summed E-state index contributed by atoms with van der Waals surface area (Å²) >= 11 is 0. The lowest BCUT2D eigenvalue weighted by Crippen LogP contribution is -2.28. The van der Waals surface area contributed by atoms with E-state index in [2.05, 4.69) is 31.0 Å². The van der Waals surface area contributed by atoms with E-state index in [9.17, 15) is 18.3 Å². The average Bonchev–Trinajstić information content (AvgIpc) is 2.81. The molecule has 1 saturated carbocycles. The number of carboxylic acid groups (broad SMARTS) is 1. The van der Waals surface area contributed by atoms with Crippen LogP contribution in [0.25, 0.3) is 11.1 Å². The van der Waals surface area contributed by atoms with Gasteiger partial charge in [0.2, 0.25) is 5.88 Å². The van der Waals surface area contributed by atoms with Crippen molar-refractivity contribution < 1.29 is 27.8 Å². The van der Waals surface area contributed by atoms with Gasteiger partial charge in [-0.2, -0.15) is 0 Å². The maximum Gasteiger partial charge on any atom is 0.306 e. The maximum absolute atomic E-state index is 11.3. The highest BCUT2D eigenvalue weighted by molar-refractivity contribution is 7.90. The van der Waals surface area contributed by atoms with Crippen molar-refractivity contribution in [2.24, 2.45) is 17.8 Å². The molecule has 198 valence electrons. The van der Waals surface area contributed by atoms with E-state index in [1.165, 1.54) is 6.26 Å². The average molecular weight is 518 g/mol. The molecule has 3 atom stereocenters. The Labute approximate surface area is 215 Å². The molecule has 1 aromatic heterocycles. The van der Waals surface area contributed by atoms with Crippen LogP contribution in [0.1, 0.15) is 55.7 Å². The van der Waals surface area contributed by atoms with Crippen LogP contribution < -0.4 is 4.74 Å². The second-order valence-electron chi connectivity index (χ2n) is 10.2. The molecule has 0 spiro atoms. The number of carbonyl (C=O) groups is 1.